The molecule has 0 amide bonds. The lowest BCUT2D eigenvalue weighted by atomic mass is 9.86. The molecule has 7 nitrogen and oxygen atoms in total. The number of alkyl halides is 3. The molecule has 1 aromatic carbocycles. The van der Waals surface area contributed by atoms with Crippen LogP contribution in [0.25, 0.3) is 0 Å². The Morgan fingerprint density at radius 2 is 2.03 bits per heavy atom. The predicted molar refractivity (Wildman–Crippen MR) is 130 cm³/mol. The molecule has 10 heteroatoms. The summed E-state index contributed by atoms with van der Waals surface area (Å²) >= 11 is 0. The summed E-state index contributed by atoms with van der Waals surface area (Å²) in [7, 11) is 0. The number of benzene rings is 1. The van der Waals surface area contributed by atoms with E-state index in [2.05, 4.69) is 10.2 Å². The number of aromatic nitrogens is 1. The Kier molecular flexibility index (Phi) is 7.28. The Hall–Kier alpha value is -2.56. The van der Waals surface area contributed by atoms with Gasteiger partial charge in [0.05, 0.1) is 36.8 Å². The molecule has 0 saturated carbocycles. The molecule has 3 aliphatic rings. The Morgan fingerprint density at radius 1 is 1.22 bits per heavy atom. The molecule has 1 saturated heterocycles. The maximum Gasteiger partial charge on any atom is 0.283 e. The monoisotopic (exact) mass is 506 g/mol. The number of ether oxygens (including phenoxy) is 2. The molecule has 5 rings (SSSR count). The van der Waals surface area contributed by atoms with Gasteiger partial charge < -0.3 is 24.8 Å². The second-order valence-corrected chi connectivity index (χ2v) is 9.99. The molecule has 0 aliphatic carbocycles. The highest BCUT2D eigenvalue weighted by Crippen LogP contribution is 2.44. The molecule has 3 aliphatic heterocycles. The third kappa shape index (κ3) is 5.26. The lowest BCUT2D eigenvalue weighted by Gasteiger charge is -2.43. The van der Waals surface area contributed by atoms with E-state index in [1.54, 1.807) is 11.1 Å². The second-order valence-electron chi connectivity index (χ2n) is 9.99. The van der Waals surface area contributed by atoms with Crippen molar-refractivity contribution in [2.24, 2.45) is 0 Å². The number of nitrogens with one attached hydrogen (secondary N) is 1. The van der Waals surface area contributed by atoms with E-state index in [0.29, 0.717) is 30.0 Å². The number of nitrogens with zero attached hydrogens (tertiary/aromatic N) is 3. The standard InChI is InChI=1S/C26H33F3N4O3/c1-17-9-18-10-23-24(36-16-35-23)11-21(18)25(33(17)14-26(28,29)15-34)22-4-3-19(12-30-22)31-20-5-8-32(13-20)7-2-6-27/h3-4,10-12,17,20,25,31,34H,2,5-9,13-16H2,1H3/t17-,20+,25+/m1/s1. The minimum atomic E-state index is -3.24. The van der Waals surface area contributed by atoms with Crippen molar-refractivity contribution >= 4 is 5.69 Å². The zero-order valence-electron chi connectivity index (χ0n) is 20.4. The van der Waals surface area contributed by atoms with Gasteiger partial charge in [-0.15, -0.1) is 0 Å². The summed E-state index contributed by atoms with van der Waals surface area (Å²) in [6.45, 7) is 2.51. The van der Waals surface area contributed by atoms with Crippen LogP contribution in [0.1, 0.15) is 42.6 Å². The molecule has 1 fully saturated rings. The first-order valence-corrected chi connectivity index (χ1v) is 12.5. The minimum absolute atomic E-state index is 0.135. The maximum absolute atomic E-state index is 14.4. The number of aliphatic hydroxyl groups is 1. The minimum Gasteiger partial charge on any atom is -0.454 e. The van der Waals surface area contributed by atoms with Crippen LogP contribution in [-0.2, 0) is 6.42 Å². The summed E-state index contributed by atoms with van der Waals surface area (Å²) in [5.41, 5.74) is 3.39. The normalized spacial score (nSPS) is 24.2. The molecule has 3 atom stereocenters. The Balaban J connectivity index is 1.40. The number of hydrogen-bond donors (Lipinski definition) is 2. The van der Waals surface area contributed by atoms with E-state index in [1.165, 1.54) is 0 Å². The van der Waals surface area contributed by atoms with Crippen molar-refractivity contribution in [2.45, 2.75) is 50.2 Å². The van der Waals surface area contributed by atoms with Crippen molar-refractivity contribution in [3.8, 4) is 11.5 Å². The van der Waals surface area contributed by atoms with Crippen molar-refractivity contribution in [1.29, 1.82) is 0 Å². The molecule has 2 aromatic rings. The molecular weight excluding hydrogens is 473 g/mol. The van der Waals surface area contributed by atoms with Gasteiger partial charge in [0, 0.05) is 31.7 Å². The fraction of sp³-hybridized carbons (Fsp3) is 0.577. The van der Waals surface area contributed by atoms with Crippen LogP contribution in [-0.4, -0.2) is 84.1 Å². The number of hydrogen-bond acceptors (Lipinski definition) is 7. The summed E-state index contributed by atoms with van der Waals surface area (Å²) in [5.74, 6) is -1.98. The van der Waals surface area contributed by atoms with Gasteiger partial charge in [0.2, 0.25) is 6.79 Å². The maximum atomic E-state index is 14.4. The largest absolute Gasteiger partial charge is 0.454 e. The van der Waals surface area contributed by atoms with Gasteiger partial charge in [-0.1, -0.05) is 0 Å². The van der Waals surface area contributed by atoms with Gasteiger partial charge in [0.1, 0.15) is 6.61 Å². The van der Waals surface area contributed by atoms with Gasteiger partial charge in [-0.05, 0) is 61.6 Å². The zero-order chi connectivity index (χ0) is 25.3. The number of halogens is 3. The average Bonchev–Trinajstić information content (AvgIpc) is 3.51. The van der Waals surface area contributed by atoms with Crippen LogP contribution in [0.3, 0.4) is 0 Å². The number of likely N-dealkylation sites (tertiary alicyclic amines) is 1. The van der Waals surface area contributed by atoms with Gasteiger partial charge in [-0.3, -0.25) is 14.3 Å². The van der Waals surface area contributed by atoms with Gasteiger partial charge in [0.25, 0.3) is 5.92 Å². The molecule has 1 aromatic heterocycles. The van der Waals surface area contributed by atoms with E-state index < -0.39 is 25.1 Å². The smallest absolute Gasteiger partial charge is 0.283 e. The summed E-state index contributed by atoms with van der Waals surface area (Å²) in [4.78, 5) is 8.67. The second kappa shape index (κ2) is 10.4. The highest BCUT2D eigenvalue weighted by atomic mass is 19.3. The number of anilines is 1. The third-order valence-electron chi connectivity index (χ3n) is 7.31. The van der Waals surface area contributed by atoms with E-state index in [4.69, 9.17) is 14.5 Å². The van der Waals surface area contributed by atoms with Crippen LogP contribution in [0, 0.1) is 0 Å². The van der Waals surface area contributed by atoms with Crippen LogP contribution < -0.4 is 14.8 Å². The van der Waals surface area contributed by atoms with Gasteiger partial charge in [-0.2, -0.15) is 0 Å². The number of rotatable bonds is 9. The first-order chi connectivity index (χ1) is 17.4. The molecule has 36 heavy (non-hydrogen) atoms. The molecule has 0 bridgehead atoms. The van der Waals surface area contributed by atoms with Gasteiger partial charge >= 0.3 is 0 Å². The number of aliphatic hydroxyl groups excluding tert-OH is 1. The average molecular weight is 507 g/mol. The van der Waals surface area contributed by atoms with Crippen LogP contribution in [0.4, 0.5) is 18.9 Å². The van der Waals surface area contributed by atoms with E-state index in [0.717, 1.165) is 42.9 Å². The molecule has 0 radical (unpaired) electrons. The lowest BCUT2D eigenvalue weighted by molar-refractivity contribution is -0.0865. The quantitative estimate of drug-likeness (QED) is 0.539. The van der Waals surface area contributed by atoms with Gasteiger partial charge in [0.15, 0.2) is 11.5 Å². The fourth-order valence-electron chi connectivity index (χ4n) is 5.52. The van der Waals surface area contributed by atoms with Crippen LogP contribution in [0.2, 0.25) is 0 Å². The highest BCUT2D eigenvalue weighted by Gasteiger charge is 2.41. The van der Waals surface area contributed by atoms with Crippen molar-refractivity contribution in [1.82, 2.24) is 14.8 Å². The molecular formula is C26H33F3N4O3. The Morgan fingerprint density at radius 3 is 2.75 bits per heavy atom. The summed E-state index contributed by atoms with van der Waals surface area (Å²) in [6, 6.07) is 7.15. The van der Waals surface area contributed by atoms with E-state index >= 15 is 0 Å². The first-order valence-electron chi connectivity index (χ1n) is 12.5. The van der Waals surface area contributed by atoms with E-state index in [9.17, 15) is 18.3 Å². The molecule has 4 heterocycles. The van der Waals surface area contributed by atoms with Crippen molar-refractivity contribution in [3.05, 3.63) is 47.3 Å². The van der Waals surface area contributed by atoms with Crippen molar-refractivity contribution < 1.29 is 27.8 Å². The van der Waals surface area contributed by atoms with E-state index in [-0.39, 0.29) is 25.6 Å². The van der Waals surface area contributed by atoms with Crippen molar-refractivity contribution in [3.63, 3.8) is 0 Å². The molecule has 0 spiro atoms. The number of pyridine rings is 1. The lowest BCUT2D eigenvalue weighted by Crippen LogP contribution is -2.49. The molecule has 196 valence electrons. The topological polar surface area (TPSA) is 70.1 Å². The predicted octanol–water partition coefficient (Wildman–Crippen LogP) is 3.62. The van der Waals surface area contributed by atoms with Crippen LogP contribution >= 0.6 is 0 Å². The SMILES string of the molecule is C[C@@H]1Cc2cc3c(cc2[C@@H](c2ccc(N[C@H]4CCN(CCCF)C4)cn2)N1CC(F)(F)CO)OCO3. The van der Waals surface area contributed by atoms with Crippen LogP contribution in [0.15, 0.2) is 30.5 Å². The van der Waals surface area contributed by atoms with Gasteiger partial charge in [-0.25, -0.2) is 8.78 Å². The van der Waals surface area contributed by atoms with Crippen molar-refractivity contribution in [2.75, 3.05) is 51.6 Å². The molecule has 2 N–H and O–H groups in total. The first kappa shape index (κ1) is 25.1. The summed E-state index contributed by atoms with van der Waals surface area (Å²) in [5, 5.41) is 12.8. The van der Waals surface area contributed by atoms with Crippen LogP contribution in [0.5, 0.6) is 11.5 Å². The fourth-order valence-corrected chi connectivity index (χ4v) is 5.52. The zero-order valence-corrected chi connectivity index (χ0v) is 20.4. The van der Waals surface area contributed by atoms with E-state index in [1.807, 2.05) is 31.2 Å². The summed E-state index contributed by atoms with van der Waals surface area (Å²) < 4.78 is 52.4. The number of fused-ring (bicyclic) bond motifs is 2. The third-order valence-corrected chi connectivity index (χ3v) is 7.31. The highest BCUT2D eigenvalue weighted by molar-refractivity contribution is 5.53. The summed E-state index contributed by atoms with van der Waals surface area (Å²) in [6.07, 6.45) is 3.84. The Labute approximate surface area is 209 Å². The molecule has 0 unspecified atom stereocenters. The Bertz CT molecular complexity index is 1060.